The first kappa shape index (κ1) is 24.0. The van der Waals surface area contributed by atoms with Crippen LogP contribution in [0, 0.1) is 0 Å². The predicted octanol–water partition coefficient (Wildman–Crippen LogP) is 4.11. The average molecular weight is 477 g/mol. The molecule has 4 rings (SSSR count). The van der Waals surface area contributed by atoms with Gasteiger partial charge in [0.05, 0.1) is 0 Å². The number of carbonyl (C=O) groups is 3. The van der Waals surface area contributed by atoms with Gasteiger partial charge in [-0.3, -0.25) is 19.6 Å². The summed E-state index contributed by atoms with van der Waals surface area (Å²) in [6.07, 6.45) is 1.29. The van der Waals surface area contributed by atoms with E-state index in [1.54, 1.807) is 14.0 Å². The Hall–Kier alpha value is -4.14. The summed E-state index contributed by atoms with van der Waals surface area (Å²) in [6, 6.07) is 15.8. The maximum atomic E-state index is 13.2. The van der Waals surface area contributed by atoms with Crippen molar-refractivity contribution in [1.82, 2.24) is 14.7 Å². The molecule has 0 saturated heterocycles. The number of fused-ring (bicyclic) bond motifs is 3. The van der Waals surface area contributed by atoms with Crippen molar-refractivity contribution in [3.63, 3.8) is 0 Å². The Morgan fingerprint density at radius 2 is 1.71 bits per heavy atom. The number of aliphatic carboxylic acids is 1. The second kappa shape index (κ2) is 10.0. The SMILES string of the molecule is CCC(C)N(CC(=O)O)C(=O)c1cn(C)nc1NC(=O)OCC1c2ccccc2-c2ccccc21. The van der Waals surface area contributed by atoms with Crippen LogP contribution in [0.5, 0.6) is 0 Å². The molecule has 9 nitrogen and oxygen atoms in total. The summed E-state index contributed by atoms with van der Waals surface area (Å²) < 4.78 is 6.95. The molecular formula is C26H28N4O5. The highest BCUT2D eigenvalue weighted by Gasteiger charge is 2.30. The summed E-state index contributed by atoms with van der Waals surface area (Å²) in [6.45, 7) is 3.31. The summed E-state index contributed by atoms with van der Waals surface area (Å²) in [5.41, 5.74) is 4.53. The number of aromatic nitrogens is 2. The van der Waals surface area contributed by atoms with Crippen molar-refractivity contribution >= 4 is 23.8 Å². The van der Waals surface area contributed by atoms with Crippen LogP contribution in [-0.2, 0) is 16.6 Å². The number of anilines is 1. The van der Waals surface area contributed by atoms with Crippen molar-refractivity contribution in [2.75, 3.05) is 18.5 Å². The fraction of sp³-hybridized carbons (Fsp3) is 0.308. The van der Waals surface area contributed by atoms with Crippen LogP contribution in [0.4, 0.5) is 10.6 Å². The molecule has 0 spiro atoms. The zero-order chi connectivity index (χ0) is 25.1. The minimum absolute atomic E-state index is 0.0217. The zero-order valence-corrected chi connectivity index (χ0v) is 19.9. The lowest BCUT2D eigenvalue weighted by Gasteiger charge is -2.26. The van der Waals surface area contributed by atoms with Gasteiger partial charge in [0, 0.05) is 25.2 Å². The lowest BCUT2D eigenvalue weighted by atomic mass is 9.98. The van der Waals surface area contributed by atoms with Gasteiger partial charge in [-0.15, -0.1) is 0 Å². The number of aryl methyl sites for hydroxylation is 1. The molecule has 9 heteroatoms. The largest absolute Gasteiger partial charge is 0.480 e. The van der Waals surface area contributed by atoms with Crippen molar-refractivity contribution < 1.29 is 24.2 Å². The lowest BCUT2D eigenvalue weighted by Crippen LogP contribution is -2.42. The number of amides is 2. The number of nitrogens with zero attached hydrogens (tertiary/aromatic N) is 3. The van der Waals surface area contributed by atoms with Gasteiger partial charge in [0.15, 0.2) is 5.82 Å². The zero-order valence-electron chi connectivity index (χ0n) is 19.9. The number of carbonyl (C=O) groups excluding carboxylic acids is 2. The molecule has 2 amide bonds. The Morgan fingerprint density at radius 1 is 1.11 bits per heavy atom. The van der Waals surface area contributed by atoms with E-state index in [4.69, 9.17) is 4.74 Å². The van der Waals surface area contributed by atoms with E-state index in [1.165, 1.54) is 15.8 Å². The van der Waals surface area contributed by atoms with E-state index in [0.29, 0.717) is 6.42 Å². The predicted molar refractivity (Wildman–Crippen MR) is 130 cm³/mol. The van der Waals surface area contributed by atoms with Gasteiger partial charge >= 0.3 is 12.1 Å². The first-order valence-corrected chi connectivity index (χ1v) is 11.5. The minimum atomic E-state index is -1.12. The third-order valence-electron chi connectivity index (χ3n) is 6.31. The van der Waals surface area contributed by atoms with Gasteiger partial charge in [-0.2, -0.15) is 5.10 Å². The van der Waals surface area contributed by atoms with Crippen molar-refractivity contribution in [1.29, 1.82) is 0 Å². The monoisotopic (exact) mass is 476 g/mol. The summed E-state index contributed by atoms with van der Waals surface area (Å²) in [7, 11) is 1.62. The summed E-state index contributed by atoms with van der Waals surface area (Å²) in [5.74, 6) is -1.72. The molecule has 0 saturated carbocycles. The van der Waals surface area contributed by atoms with Crippen molar-refractivity contribution in [2.24, 2.45) is 7.05 Å². The molecule has 0 aliphatic heterocycles. The van der Waals surface area contributed by atoms with Gasteiger partial charge in [-0.05, 0) is 35.6 Å². The van der Waals surface area contributed by atoms with E-state index in [1.807, 2.05) is 43.3 Å². The van der Waals surface area contributed by atoms with Crippen LogP contribution in [0.3, 0.4) is 0 Å². The first-order valence-electron chi connectivity index (χ1n) is 11.5. The number of benzene rings is 2. The quantitative estimate of drug-likeness (QED) is 0.506. The molecule has 1 aliphatic carbocycles. The Morgan fingerprint density at radius 3 is 2.29 bits per heavy atom. The van der Waals surface area contributed by atoms with Gasteiger partial charge in [0.1, 0.15) is 18.7 Å². The van der Waals surface area contributed by atoms with E-state index in [9.17, 15) is 19.5 Å². The molecule has 2 N–H and O–H groups in total. The normalized spacial score (nSPS) is 13.0. The molecule has 3 aromatic rings. The highest BCUT2D eigenvalue weighted by molar-refractivity contribution is 6.02. The van der Waals surface area contributed by atoms with Crippen LogP contribution in [0.25, 0.3) is 11.1 Å². The second-order valence-electron chi connectivity index (χ2n) is 8.60. The van der Waals surface area contributed by atoms with Crippen LogP contribution in [-0.4, -0.2) is 57.0 Å². The van der Waals surface area contributed by atoms with Crippen LogP contribution < -0.4 is 5.32 Å². The van der Waals surface area contributed by atoms with Gasteiger partial charge in [0.2, 0.25) is 0 Å². The number of hydrogen-bond donors (Lipinski definition) is 2. The average Bonchev–Trinajstić information content (AvgIpc) is 3.37. The van der Waals surface area contributed by atoms with Crippen LogP contribution in [0.2, 0.25) is 0 Å². The molecule has 0 fully saturated rings. The highest BCUT2D eigenvalue weighted by Crippen LogP contribution is 2.44. The standard InChI is InChI=1S/C26H28N4O5/c1-4-16(2)30(14-23(31)32)25(33)21-13-29(3)28-24(21)27-26(34)35-15-22-19-11-7-5-9-17(19)18-10-6-8-12-20(18)22/h5-13,16,22H,4,14-15H2,1-3H3,(H,31,32)(H,27,28,34). The van der Waals surface area contributed by atoms with Crippen molar-refractivity contribution in [2.45, 2.75) is 32.2 Å². The minimum Gasteiger partial charge on any atom is -0.480 e. The summed E-state index contributed by atoms with van der Waals surface area (Å²) >= 11 is 0. The van der Waals surface area contributed by atoms with Gasteiger partial charge in [0.25, 0.3) is 5.91 Å². The van der Waals surface area contributed by atoms with E-state index in [2.05, 4.69) is 22.5 Å². The molecule has 182 valence electrons. The number of ether oxygens (including phenoxy) is 1. The maximum Gasteiger partial charge on any atom is 0.412 e. The molecule has 1 atom stereocenters. The smallest absolute Gasteiger partial charge is 0.412 e. The molecule has 1 aromatic heterocycles. The number of carboxylic acids is 1. The summed E-state index contributed by atoms with van der Waals surface area (Å²) in [5, 5.41) is 16.0. The van der Waals surface area contributed by atoms with Crippen molar-refractivity contribution in [3.05, 3.63) is 71.4 Å². The molecule has 1 unspecified atom stereocenters. The second-order valence-corrected chi connectivity index (χ2v) is 8.60. The first-order chi connectivity index (χ1) is 16.8. The molecule has 0 radical (unpaired) electrons. The number of hydrogen-bond acceptors (Lipinski definition) is 5. The molecule has 2 aromatic carbocycles. The van der Waals surface area contributed by atoms with E-state index < -0.39 is 24.5 Å². The topological polar surface area (TPSA) is 114 Å². The van der Waals surface area contributed by atoms with Gasteiger partial charge in [-0.25, -0.2) is 4.79 Å². The molecule has 0 bridgehead atoms. The number of nitrogens with one attached hydrogen (secondary N) is 1. The molecule has 1 heterocycles. The number of rotatable bonds is 8. The molecule has 1 aliphatic rings. The van der Waals surface area contributed by atoms with Crippen LogP contribution in [0.1, 0.15) is 47.7 Å². The van der Waals surface area contributed by atoms with E-state index in [-0.39, 0.29) is 29.9 Å². The fourth-order valence-corrected chi connectivity index (χ4v) is 4.42. The van der Waals surface area contributed by atoms with Gasteiger partial charge < -0.3 is 14.7 Å². The fourth-order valence-electron chi connectivity index (χ4n) is 4.42. The summed E-state index contributed by atoms with van der Waals surface area (Å²) in [4.78, 5) is 38.4. The maximum absolute atomic E-state index is 13.2. The Labute approximate surface area is 203 Å². The Bertz CT molecular complexity index is 1220. The third-order valence-corrected chi connectivity index (χ3v) is 6.31. The molecule has 35 heavy (non-hydrogen) atoms. The van der Waals surface area contributed by atoms with Crippen LogP contribution in [0.15, 0.2) is 54.7 Å². The Kier molecular flexibility index (Phi) is 6.86. The highest BCUT2D eigenvalue weighted by atomic mass is 16.5. The van der Waals surface area contributed by atoms with Crippen molar-refractivity contribution in [3.8, 4) is 11.1 Å². The van der Waals surface area contributed by atoms with Crippen LogP contribution >= 0.6 is 0 Å². The van der Waals surface area contributed by atoms with Gasteiger partial charge in [-0.1, -0.05) is 55.5 Å². The van der Waals surface area contributed by atoms with E-state index in [0.717, 1.165) is 22.3 Å². The lowest BCUT2D eigenvalue weighted by molar-refractivity contribution is -0.138. The Balaban J connectivity index is 1.49. The number of carboxylic acid groups (broad SMARTS) is 1. The van der Waals surface area contributed by atoms with E-state index >= 15 is 0 Å². The molecular weight excluding hydrogens is 448 g/mol. The third kappa shape index (κ3) is 4.89.